The standard InChI is InChI=1S/C85H166O17P2/c1-8-9-10-11-12-13-14-15-19-27-32-39-47-54-61-68-84(89)102-81(73-96-83(88)67-60-53-46-41-34-37-44-51-58-65-78(6)7)75-100-104(93,94)98-71-79(86)70-97-103(91,92)99-74-80(72-95-82(87)66-59-52-45-38-31-26-23-18-21-25-30-36-43-50-57-64-77(4)5)101-85(90)69-62-55-48-40-33-28-22-17-16-20-24-29-35-42-49-56-63-76(2)3/h76-81,86H,8-75H2,1-7H3,(H,91,92)(H,93,94)/t79-,80-,81-/m1/s1. The van der Waals surface area contributed by atoms with Gasteiger partial charge in [0.15, 0.2) is 12.2 Å². The summed E-state index contributed by atoms with van der Waals surface area (Å²) in [6, 6.07) is 0. The van der Waals surface area contributed by atoms with Crippen molar-refractivity contribution in [1.82, 2.24) is 0 Å². The molecule has 0 saturated heterocycles. The Bertz CT molecular complexity index is 2010. The van der Waals surface area contributed by atoms with Gasteiger partial charge in [-0.25, -0.2) is 9.13 Å². The van der Waals surface area contributed by atoms with E-state index in [2.05, 4.69) is 48.5 Å². The molecule has 104 heavy (non-hydrogen) atoms. The summed E-state index contributed by atoms with van der Waals surface area (Å²) in [6.07, 6.45) is 65.2. The molecule has 0 bridgehead atoms. The molecule has 17 nitrogen and oxygen atoms in total. The smallest absolute Gasteiger partial charge is 0.462 e. The van der Waals surface area contributed by atoms with Crippen LogP contribution in [0.25, 0.3) is 0 Å². The van der Waals surface area contributed by atoms with Crippen LogP contribution in [-0.2, 0) is 65.4 Å². The molecule has 0 aliphatic rings. The van der Waals surface area contributed by atoms with Crippen LogP contribution in [0.4, 0.5) is 0 Å². The maximum absolute atomic E-state index is 13.1. The van der Waals surface area contributed by atoms with Crippen LogP contribution in [0.1, 0.15) is 447 Å². The number of ether oxygens (including phenoxy) is 4. The number of hydrogen-bond acceptors (Lipinski definition) is 15. The largest absolute Gasteiger partial charge is 0.472 e. The Morgan fingerprint density at radius 1 is 0.260 bits per heavy atom. The lowest BCUT2D eigenvalue weighted by molar-refractivity contribution is -0.161. The number of esters is 4. The van der Waals surface area contributed by atoms with E-state index in [1.165, 1.54) is 257 Å². The average Bonchev–Trinajstić information content (AvgIpc) is 0.906. The number of rotatable bonds is 83. The first-order valence-corrected chi connectivity index (χ1v) is 46.8. The summed E-state index contributed by atoms with van der Waals surface area (Å²) < 4.78 is 68.9. The first-order chi connectivity index (χ1) is 50.2. The van der Waals surface area contributed by atoms with Crippen molar-refractivity contribution in [2.45, 2.75) is 465 Å². The van der Waals surface area contributed by atoms with E-state index in [0.717, 1.165) is 108 Å². The summed E-state index contributed by atoms with van der Waals surface area (Å²) in [7, 11) is -9.93. The summed E-state index contributed by atoms with van der Waals surface area (Å²) >= 11 is 0. The minimum absolute atomic E-state index is 0.108. The van der Waals surface area contributed by atoms with Crippen molar-refractivity contribution in [1.29, 1.82) is 0 Å². The SMILES string of the molecule is CCCCCCCCCCCCCCCCCC(=O)O[C@H](COC(=O)CCCCCCCCCCCC(C)C)COP(=O)(O)OC[C@H](O)COP(=O)(O)OC[C@@H](COC(=O)CCCCCCCCCCCCCCCCCC(C)C)OC(=O)CCCCCCCCCCCCCCCCCCC(C)C. The van der Waals surface area contributed by atoms with Crippen molar-refractivity contribution < 1.29 is 80.2 Å². The maximum Gasteiger partial charge on any atom is 0.472 e. The Morgan fingerprint density at radius 2 is 0.442 bits per heavy atom. The average molecular weight is 1520 g/mol. The quantitative estimate of drug-likeness (QED) is 0.0222. The van der Waals surface area contributed by atoms with E-state index in [1.807, 2.05) is 0 Å². The molecule has 0 aliphatic carbocycles. The van der Waals surface area contributed by atoms with Crippen molar-refractivity contribution in [2.24, 2.45) is 17.8 Å². The summed E-state index contributed by atoms with van der Waals surface area (Å²) in [5.41, 5.74) is 0. The first kappa shape index (κ1) is 102. The molecule has 5 atom stereocenters. The van der Waals surface area contributed by atoms with E-state index in [9.17, 15) is 43.2 Å². The Kier molecular flexibility index (Phi) is 73.7. The molecule has 0 radical (unpaired) electrons. The number of carbonyl (C=O) groups excluding carboxylic acids is 4. The zero-order valence-electron chi connectivity index (χ0n) is 68.5. The highest BCUT2D eigenvalue weighted by molar-refractivity contribution is 7.47. The van der Waals surface area contributed by atoms with Gasteiger partial charge in [-0.05, 0) is 43.4 Å². The predicted octanol–water partition coefficient (Wildman–Crippen LogP) is 25.7. The van der Waals surface area contributed by atoms with Gasteiger partial charge in [-0.2, -0.15) is 0 Å². The molecular weight excluding hydrogens is 1350 g/mol. The fourth-order valence-electron chi connectivity index (χ4n) is 13.2. The number of phosphoric acid groups is 2. The second-order valence-corrected chi connectivity index (χ2v) is 34.9. The van der Waals surface area contributed by atoms with E-state index < -0.39 is 97.5 Å². The monoisotopic (exact) mass is 1520 g/mol. The maximum atomic E-state index is 13.1. The zero-order chi connectivity index (χ0) is 76.5. The Balaban J connectivity index is 5.26. The van der Waals surface area contributed by atoms with Gasteiger partial charge in [-0.3, -0.25) is 37.3 Å². The highest BCUT2D eigenvalue weighted by Gasteiger charge is 2.30. The molecule has 3 N–H and O–H groups in total. The molecule has 0 aliphatic heterocycles. The Hall–Kier alpha value is -1.94. The third-order valence-corrected chi connectivity index (χ3v) is 21.8. The van der Waals surface area contributed by atoms with Crippen molar-refractivity contribution in [2.75, 3.05) is 39.6 Å². The lowest BCUT2D eigenvalue weighted by atomic mass is 10.0. The molecule has 0 spiro atoms. The van der Waals surface area contributed by atoms with Crippen molar-refractivity contribution in [3.05, 3.63) is 0 Å². The van der Waals surface area contributed by atoms with Crippen molar-refractivity contribution in [3.63, 3.8) is 0 Å². The molecule has 0 saturated carbocycles. The van der Waals surface area contributed by atoms with Crippen LogP contribution in [0, 0.1) is 17.8 Å². The summed E-state index contributed by atoms with van der Waals surface area (Å²) in [6.45, 7) is 12.0. The van der Waals surface area contributed by atoms with E-state index in [0.29, 0.717) is 25.7 Å². The van der Waals surface area contributed by atoms with Gasteiger partial charge in [0.1, 0.15) is 19.3 Å². The van der Waals surface area contributed by atoms with Gasteiger partial charge in [0.25, 0.3) is 0 Å². The van der Waals surface area contributed by atoms with Gasteiger partial charge in [0.05, 0.1) is 26.4 Å². The fourth-order valence-corrected chi connectivity index (χ4v) is 14.8. The van der Waals surface area contributed by atoms with Crippen molar-refractivity contribution >= 4 is 39.5 Å². The second-order valence-electron chi connectivity index (χ2n) is 32.0. The molecule has 2 unspecified atom stereocenters. The van der Waals surface area contributed by atoms with E-state index in [4.69, 9.17) is 37.0 Å². The lowest BCUT2D eigenvalue weighted by Gasteiger charge is -2.21. The van der Waals surface area contributed by atoms with Gasteiger partial charge >= 0.3 is 39.5 Å². The van der Waals surface area contributed by atoms with Crippen LogP contribution in [0.15, 0.2) is 0 Å². The zero-order valence-corrected chi connectivity index (χ0v) is 70.3. The predicted molar refractivity (Wildman–Crippen MR) is 428 cm³/mol. The van der Waals surface area contributed by atoms with Gasteiger partial charge in [-0.15, -0.1) is 0 Å². The second kappa shape index (κ2) is 75.1. The molecule has 0 heterocycles. The number of aliphatic hydroxyl groups is 1. The van der Waals surface area contributed by atoms with E-state index in [-0.39, 0.29) is 25.7 Å². The normalized spacial score (nSPS) is 13.9. The molecule has 0 aromatic carbocycles. The number of phosphoric ester groups is 2. The van der Waals surface area contributed by atoms with Crippen LogP contribution in [-0.4, -0.2) is 96.7 Å². The highest BCUT2D eigenvalue weighted by atomic mass is 31.2. The topological polar surface area (TPSA) is 237 Å². The van der Waals surface area contributed by atoms with Crippen LogP contribution in [0.2, 0.25) is 0 Å². The van der Waals surface area contributed by atoms with Gasteiger partial charge < -0.3 is 33.8 Å². The number of unbranched alkanes of at least 4 members (excludes halogenated alkanes) is 51. The lowest BCUT2D eigenvalue weighted by Crippen LogP contribution is -2.30. The molecule has 0 amide bonds. The van der Waals surface area contributed by atoms with Gasteiger partial charge in [-0.1, -0.05) is 395 Å². The van der Waals surface area contributed by atoms with Crippen molar-refractivity contribution in [3.8, 4) is 0 Å². The van der Waals surface area contributed by atoms with Gasteiger partial charge in [0, 0.05) is 25.7 Å². The summed E-state index contributed by atoms with van der Waals surface area (Å²) in [5, 5.41) is 10.7. The van der Waals surface area contributed by atoms with E-state index >= 15 is 0 Å². The minimum Gasteiger partial charge on any atom is -0.462 e. The van der Waals surface area contributed by atoms with Crippen LogP contribution in [0.3, 0.4) is 0 Å². The third kappa shape index (κ3) is 78.2. The minimum atomic E-state index is -4.97. The Morgan fingerprint density at radius 3 is 0.654 bits per heavy atom. The summed E-state index contributed by atoms with van der Waals surface area (Å²) in [4.78, 5) is 73.2. The first-order valence-electron chi connectivity index (χ1n) is 43.8. The number of aliphatic hydroxyl groups excluding tert-OH is 1. The molecule has 0 rings (SSSR count). The Labute approximate surface area is 638 Å². The molecule has 0 aromatic rings. The fraction of sp³-hybridized carbons (Fsp3) is 0.953. The van der Waals surface area contributed by atoms with E-state index in [1.54, 1.807) is 0 Å². The molecule has 0 fully saturated rings. The van der Waals surface area contributed by atoms with Crippen LogP contribution >= 0.6 is 15.6 Å². The highest BCUT2D eigenvalue weighted by Crippen LogP contribution is 2.45. The number of hydrogen-bond donors (Lipinski definition) is 3. The van der Waals surface area contributed by atoms with Gasteiger partial charge in [0.2, 0.25) is 0 Å². The van der Waals surface area contributed by atoms with Crippen LogP contribution in [0.5, 0.6) is 0 Å². The molecule has 0 aromatic heterocycles. The molecule has 618 valence electrons. The molecule has 19 heteroatoms. The third-order valence-electron chi connectivity index (χ3n) is 19.9. The van der Waals surface area contributed by atoms with Crippen LogP contribution < -0.4 is 0 Å². The summed E-state index contributed by atoms with van der Waals surface area (Å²) in [5.74, 6) is 0.255. The molecular formula is C85H166O17P2. The number of carbonyl (C=O) groups is 4.